The molecule has 0 radical (unpaired) electrons. The maximum Gasteiger partial charge on any atom is 0.304 e. The van der Waals surface area contributed by atoms with Gasteiger partial charge in [-0.1, -0.05) is 28.1 Å². The normalized spacial score (nSPS) is 11.3. The summed E-state index contributed by atoms with van der Waals surface area (Å²) < 4.78 is 23.9. The first kappa shape index (κ1) is 13.2. The minimum atomic E-state index is -3.34. The van der Waals surface area contributed by atoms with Gasteiger partial charge >= 0.3 is 5.97 Å². The Morgan fingerprint density at radius 3 is 2.31 bits per heavy atom. The van der Waals surface area contributed by atoms with Gasteiger partial charge in [-0.25, -0.2) is 8.42 Å². The van der Waals surface area contributed by atoms with Crippen LogP contribution in [0.15, 0.2) is 28.7 Å². The van der Waals surface area contributed by atoms with Crippen LogP contribution in [0.2, 0.25) is 0 Å². The lowest BCUT2D eigenvalue weighted by Gasteiger charge is -2.03. The summed E-state index contributed by atoms with van der Waals surface area (Å²) in [6.45, 7) is 0. The van der Waals surface area contributed by atoms with Crippen molar-refractivity contribution in [1.82, 2.24) is 0 Å². The second-order valence-electron chi connectivity index (χ2n) is 3.36. The number of benzene rings is 1. The molecule has 4 nitrogen and oxygen atoms in total. The Morgan fingerprint density at radius 2 is 1.81 bits per heavy atom. The summed E-state index contributed by atoms with van der Waals surface area (Å²) in [5.41, 5.74) is 0.661. The van der Waals surface area contributed by atoms with Gasteiger partial charge in [0.25, 0.3) is 0 Å². The molecule has 0 unspecified atom stereocenters. The Balaban J connectivity index is 2.65. The van der Waals surface area contributed by atoms with Crippen molar-refractivity contribution in [3.05, 3.63) is 34.3 Å². The summed E-state index contributed by atoms with van der Waals surface area (Å²) in [5.74, 6) is -1.54. The Hall–Kier alpha value is -0.880. The zero-order chi connectivity index (χ0) is 12.2. The Kier molecular flexibility index (Phi) is 4.49. The smallest absolute Gasteiger partial charge is 0.304 e. The lowest BCUT2D eigenvalue weighted by molar-refractivity contribution is -0.136. The maximum atomic E-state index is 11.5. The molecule has 0 amide bonds. The first-order valence-corrected chi connectivity index (χ1v) is 7.17. The van der Waals surface area contributed by atoms with Gasteiger partial charge in [0, 0.05) is 4.47 Å². The first-order valence-electron chi connectivity index (χ1n) is 4.56. The van der Waals surface area contributed by atoms with Crippen molar-refractivity contribution in [2.45, 2.75) is 12.2 Å². The van der Waals surface area contributed by atoms with E-state index in [1.165, 1.54) is 0 Å². The highest BCUT2D eigenvalue weighted by atomic mass is 79.9. The zero-order valence-electron chi connectivity index (χ0n) is 8.39. The van der Waals surface area contributed by atoms with Crippen molar-refractivity contribution in [3.8, 4) is 0 Å². The molecule has 0 heterocycles. The molecule has 16 heavy (non-hydrogen) atoms. The Morgan fingerprint density at radius 1 is 1.25 bits per heavy atom. The number of hydrogen-bond donors (Lipinski definition) is 1. The van der Waals surface area contributed by atoms with E-state index in [9.17, 15) is 13.2 Å². The van der Waals surface area contributed by atoms with Crippen molar-refractivity contribution >= 4 is 31.7 Å². The minimum Gasteiger partial charge on any atom is -0.481 e. The van der Waals surface area contributed by atoms with Crippen LogP contribution in [-0.4, -0.2) is 25.2 Å². The molecule has 6 heteroatoms. The van der Waals surface area contributed by atoms with Crippen LogP contribution in [0, 0.1) is 0 Å². The number of carboxylic acid groups (broad SMARTS) is 1. The standard InChI is InChI=1S/C10H11BrO4S/c11-9-3-1-8(2-4-9)7-16(14,15)6-5-10(12)13/h1-4H,5-7H2,(H,12,13). The third-order valence-electron chi connectivity index (χ3n) is 1.93. The van der Waals surface area contributed by atoms with Gasteiger partial charge in [0.05, 0.1) is 17.9 Å². The van der Waals surface area contributed by atoms with E-state index in [4.69, 9.17) is 5.11 Å². The predicted molar refractivity (Wildman–Crippen MR) is 63.9 cm³/mol. The molecule has 88 valence electrons. The van der Waals surface area contributed by atoms with Crippen molar-refractivity contribution in [2.75, 3.05) is 5.75 Å². The van der Waals surface area contributed by atoms with Crippen LogP contribution in [0.25, 0.3) is 0 Å². The van der Waals surface area contributed by atoms with E-state index < -0.39 is 15.8 Å². The highest BCUT2D eigenvalue weighted by Crippen LogP contribution is 2.13. The van der Waals surface area contributed by atoms with E-state index in [-0.39, 0.29) is 17.9 Å². The second kappa shape index (κ2) is 5.45. The molecule has 0 aliphatic heterocycles. The van der Waals surface area contributed by atoms with Gasteiger partial charge in [0.2, 0.25) is 0 Å². The van der Waals surface area contributed by atoms with Crippen LogP contribution in [-0.2, 0) is 20.4 Å². The molecule has 1 N–H and O–H groups in total. The molecule has 0 aliphatic carbocycles. The third kappa shape index (κ3) is 4.76. The van der Waals surface area contributed by atoms with Crippen LogP contribution in [0.1, 0.15) is 12.0 Å². The molecular formula is C10H11BrO4S. The van der Waals surface area contributed by atoms with Crippen LogP contribution in [0.5, 0.6) is 0 Å². The van der Waals surface area contributed by atoms with Gasteiger partial charge in [0.15, 0.2) is 9.84 Å². The topological polar surface area (TPSA) is 71.4 Å². The number of carboxylic acids is 1. The van der Waals surface area contributed by atoms with Crippen LogP contribution >= 0.6 is 15.9 Å². The summed E-state index contributed by atoms with van der Waals surface area (Å²) in [6.07, 6.45) is -0.348. The molecule has 1 rings (SSSR count). The van der Waals surface area contributed by atoms with Crippen molar-refractivity contribution in [2.24, 2.45) is 0 Å². The fourth-order valence-electron chi connectivity index (χ4n) is 1.15. The van der Waals surface area contributed by atoms with Gasteiger partial charge in [-0.05, 0) is 17.7 Å². The van der Waals surface area contributed by atoms with E-state index in [1.54, 1.807) is 24.3 Å². The average Bonchev–Trinajstić information content (AvgIpc) is 2.19. The fraction of sp³-hybridized carbons (Fsp3) is 0.300. The molecule has 0 spiro atoms. The fourth-order valence-corrected chi connectivity index (χ4v) is 2.74. The van der Waals surface area contributed by atoms with Crippen LogP contribution in [0.4, 0.5) is 0 Å². The van der Waals surface area contributed by atoms with Gasteiger partial charge in [-0.3, -0.25) is 4.79 Å². The monoisotopic (exact) mass is 306 g/mol. The van der Waals surface area contributed by atoms with E-state index in [1.807, 2.05) is 0 Å². The van der Waals surface area contributed by atoms with Gasteiger partial charge in [-0.2, -0.15) is 0 Å². The van der Waals surface area contributed by atoms with E-state index in [2.05, 4.69) is 15.9 Å². The van der Waals surface area contributed by atoms with Gasteiger partial charge < -0.3 is 5.11 Å². The number of halogens is 1. The molecule has 0 bridgehead atoms. The van der Waals surface area contributed by atoms with Gasteiger partial charge in [0.1, 0.15) is 0 Å². The molecule has 0 aromatic heterocycles. The third-order valence-corrected chi connectivity index (χ3v) is 4.05. The highest BCUT2D eigenvalue weighted by Gasteiger charge is 2.13. The summed E-state index contributed by atoms with van der Waals surface area (Å²) in [6, 6.07) is 6.90. The molecule has 0 aliphatic rings. The highest BCUT2D eigenvalue weighted by molar-refractivity contribution is 9.10. The molecule has 0 atom stereocenters. The summed E-state index contributed by atoms with van der Waals surface area (Å²) in [4.78, 5) is 10.3. The number of rotatable bonds is 5. The van der Waals surface area contributed by atoms with Crippen LogP contribution < -0.4 is 0 Å². The lowest BCUT2D eigenvalue weighted by Crippen LogP contribution is -2.12. The van der Waals surface area contributed by atoms with E-state index in [0.29, 0.717) is 5.56 Å². The van der Waals surface area contributed by atoms with Gasteiger partial charge in [-0.15, -0.1) is 0 Å². The largest absolute Gasteiger partial charge is 0.481 e. The molecule has 0 saturated carbocycles. The Labute approximate surface area is 102 Å². The summed E-state index contributed by atoms with van der Waals surface area (Å²) >= 11 is 3.25. The molecule has 1 aromatic rings. The first-order chi connectivity index (χ1) is 7.39. The number of sulfone groups is 1. The van der Waals surface area contributed by atoms with E-state index >= 15 is 0 Å². The lowest BCUT2D eigenvalue weighted by atomic mass is 10.2. The number of aliphatic carboxylic acids is 1. The maximum absolute atomic E-state index is 11.5. The number of hydrogen-bond acceptors (Lipinski definition) is 3. The number of carbonyl (C=O) groups is 1. The van der Waals surface area contributed by atoms with Crippen molar-refractivity contribution in [3.63, 3.8) is 0 Å². The summed E-state index contributed by atoms with van der Waals surface area (Å²) in [7, 11) is -3.34. The van der Waals surface area contributed by atoms with Crippen LogP contribution in [0.3, 0.4) is 0 Å². The van der Waals surface area contributed by atoms with E-state index in [0.717, 1.165) is 4.47 Å². The SMILES string of the molecule is O=C(O)CCS(=O)(=O)Cc1ccc(Br)cc1. The van der Waals surface area contributed by atoms with Crippen molar-refractivity contribution in [1.29, 1.82) is 0 Å². The van der Waals surface area contributed by atoms with Crippen molar-refractivity contribution < 1.29 is 18.3 Å². The Bertz CT molecular complexity index is 464. The zero-order valence-corrected chi connectivity index (χ0v) is 10.8. The second-order valence-corrected chi connectivity index (χ2v) is 6.46. The molecule has 0 saturated heterocycles. The molecule has 0 fully saturated rings. The molecule has 1 aromatic carbocycles. The minimum absolute atomic E-state index is 0.118. The quantitative estimate of drug-likeness (QED) is 0.901. The predicted octanol–water partition coefficient (Wildman–Crippen LogP) is 1.84. The summed E-state index contributed by atoms with van der Waals surface area (Å²) in [5, 5.41) is 8.41. The molecular weight excluding hydrogens is 296 g/mol. The average molecular weight is 307 g/mol.